The predicted octanol–water partition coefficient (Wildman–Crippen LogP) is 6.22. The van der Waals surface area contributed by atoms with Gasteiger partial charge in [0.05, 0.1) is 24.3 Å². The normalized spacial score (nSPS) is 18.1. The van der Waals surface area contributed by atoms with Crippen LogP contribution in [0, 0.1) is 0 Å². The maximum Gasteiger partial charge on any atom is 0.338 e. The maximum absolute atomic E-state index is 13.5. The van der Waals surface area contributed by atoms with E-state index < -0.39 is 0 Å². The van der Waals surface area contributed by atoms with Crippen molar-refractivity contribution in [2.45, 2.75) is 25.4 Å². The topological polar surface area (TPSA) is 67.3 Å². The molecule has 2 atom stereocenters. The minimum atomic E-state index is -0.382. The number of aromatic nitrogens is 2. The molecule has 34 heavy (non-hydrogen) atoms. The number of rotatable bonds is 7. The lowest BCUT2D eigenvalue weighted by Gasteiger charge is -2.44. The fourth-order valence-corrected chi connectivity index (χ4v) is 5.64. The summed E-state index contributed by atoms with van der Waals surface area (Å²) in [5.41, 5.74) is 3.56. The van der Waals surface area contributed by atoms with Crippen LogP contribution in [-0.4, -0.2) is 22.5 Å². The van der Waals surface area contributed by atoms with Crippen molar-refractivity contribution >= 4 is 38.9 Å². The highest BCUT2D eigenvalue weighted by molar-refractivity contribution is 7.13. The van der Waals surface area contributed by atoms with Gasteiger partial charge < -0.3 is 15.0 Å². The third kappa shape index (κ3) is 4.47. The van der Waals surface area contributed by atoms with Crippen molar-refractivity contribution in [3.63, 3.8) is 0 Å². The highest BCUT2D eigenvalue weighted by atomic mass is 32.1. The van der Waals surface area contributed by atoms with Gasteiger partial charge in [0.25, 0.3) is 0 Å². The molecule has 2 aromatic carbocycles. The Kier molecular flexibility index (Phi) is 6.69. The second-order valence-electron chi connectivity index (χ2n) is 7.74. The summed E-state index contributed by atoms with van der Waals surface area (Å²) in [6.45, 7) is 2.13. The Morgan fingerprint density at radius 1 is 1.00 bits per heavy atom. The fraction of sp³-hybridized carbons (Fsp3) is 0.192. The Bertz CT molecular complexity index is 1240. The van der Waals surface area contributed by atoms with Crippen LogP contribution in [0.15, 0.2) is 95.1 Å². The number of hydrogen-bond acceptors (Lipinski definition) is 8. The molecule has 0 saturated carbocycles. The lowest BCUT2D eigenvalue weighted by atomic mass is 9.85. The smallest absolute Gasteiger partial charge is 0.338 e. The van der Waals surface area contributed by atoms with Crippen LogP contribution >= 0.6 is 22.7 Å². The molecular weight excluding hydrogens is 464 g/mol. The largest absolute Gasteiger partial charge is 0.463 e. The Morgan fingerprint density at radius 2 is 1.68 bits per heavy atom. The molecule has 5 rings (SSSR count). The highest BCUT2D eigenvalue weighted by Gasteiger charge is 2.42. The molecule has 3 heterocycles. The average Bonchev–Trinajstić information content (AvgIpc) is 3.59. The molecule has 2 aromatic heterocycles. The molecule has 1 aliphatic heterocycles. The number of esters is 1. The van der Waals surface area contributed by atoms with Gasteiger partial charge in [-0.1, -0.05) is 60.7 Å². The molecule has 0 aliphatic carbocycles. The first-order valence-electron chi connectivity index (χ1n) is 11.1. The van der Waals surface area contributed by atoms with Gasteiger partial charge in [0.15, 0.2) is 10.3 Å². The second-order valence-corrected chi connectivity index (χ2v) is 9.51. The lowest BCUT2D eigenvalue weighted by molar-refractivity contribution is -0.139. The first kappa shape index (κ1) is 22.3. The maximum atomic E-state index is 13.5. The molecule has 0 amide bonds. The zero-order valence-corrected chi connectivity index (χ0v) is 20.3. The summed E-state index contributed by atoms with van der Waals surface area (Å²) in [7, 11) is 0. The van der Waals surface area contributed by atoms with E-state index in [9.17, 15) is 4.79 Å². The van der Waals surface area contributed by atoms with E-state index in [-0.39, 0.29) is 18.1 Å². The predicted molar refractivity (Wildman–Crippen MR) is 137 cm³/mol. The first-order valence-corrected chi connectivity index (χ1v) is 12.9. The third-order valence-corrected chi connectivity index (χ3v) is 7.21. The molecule has 4 aromatic rings. The standard InChI is InChI=1S/C26H24N4O2S2/c1-2-32-24(31)22-20(29-25-27-13-15-33-25)17-21(18-9-5-3-6-10-18)30(26-28-14-16-34-26)23(22)19-11-7-4-8-12-19/h3-16,21,23H,2,17H2,1H3,(H,27,29). The van der Waals surface area contributed by atoms with Crippen LogP contribution in [0.2, 0.25) is 0 Å². The number of thiazole rings is 2. The van der Waals surface area contributed by atoms with E-state index in [1.807, 2.05) is 54.1 Å². The zero-order valence-electron chi connectivity index (χ0n) is 18.6. The summed E-state index contributed by atoms with van der Waals surface area (Å²) in [5, 5.41) is 8.95. The van der Waals surface area contributed by atoms with Gasteiger partial charge in [-0.2, -0.15) is 0 Å². The van der Waals surface area contributed by atoms with Gasteiger partial charge in [-0.15, -0.1) is 22.7 Å². The number of nitrogens with one attached hydrogen (secondary N) is 1. The summed E-state index contributed by atoms with van der Waals surface area (Å²) in [5.74, 6) is -0.330. The number of ether oxygens (including phenoxy) is 1. The minimum Gasteiger partial charge on any atom is -0.463 e. The van der Waals surface area contributed by atoms with Crippen LogP contribution in [0.5, 0.6) is 0 Å². The Hall–Kier alpha value is -3.49. The van der Waals surface area contributed by atoms with Crippen molar-refractivity contribution in [1.29, 1.82) is 0 Å². The summed E-state index contributed by atoms with van der Waals surface area (Å²) < 4.78 is 5.59. The van der Waals surface area contributed by atoms with Crippen LogP contribution in [0.1, 0.15) is 36.6 Å². The molecule has 2 unspecified atom stereocenters. The molecule has 8 heteroatoms. The molecule has 0 saturated heterocycles. The minimum absolute atomic E-state index is 0.0433. The SMILES string of the molecule is CCOC(=O)C1=C(Nc2nccs2)CC(c2ccccc2)N(c2nccs2)C1c1ccccc1. The molecule has 1 aliphatic rings. The molecule has 1 N–H and O–H groups in total. The van der Waals surface area contributed by atoms with Crippen LogP contribution in [-0.2, 0) is 9.53 Å². The van der Waals surface area contributed by atoms with Crippen LogP contribution in [0.4, 0.5) is 10.3 Å². The Labute approximate surface area is 206 Å². The van der Waals surface area contributed by atoms with Crippen LogP contribution < -0.4 is 10.2 Å². The lowest BCUT2D eigenvalue weighted by Crippen LogP contribution is -2.41. The van der Waals surface area contributed by atoms with Gasteiger partial charge in [0.2, 0.25) is 0 Å². The van der Waals surface area contributed by atoms with Gasteiger partial charge in [-0.3, -0.25) is 0 Å². The van der Waals surface area contributed by atoms with E-state index in [1.54, 1.807) is 23.7 Å². The van der Waals surface area contributed by atoms with Gasteiger partial charge in [-0.05, 0) is 18.1 Å². The third-order valence-electron chi connectivity index (χ3n) is 5.74. The molecule has 0 fully saturated rings. The van der Waals surface area contributed by atoms with E-state index in [0.717, 1.165) is 27.1 Å². The average molecular weight is 489 g/mol. The molecule has 172 valence electrons. The quantitative estimate of drug-likeness (QED) is 0.312. The number of hydrogen-bond donors (Lipinski definition) is 1. The summed E-state index contributed by atoms with van der Waals surface area (Å²) in [6, 6.07) is 20.0. The number of nitrogens with zero attached hydrogens (tertiary/aromatic N) is 3. The number of carbonyl (C=O) groups is 1. The molecule has 0 bridgehead atoms. The van der Waals surface area contributed by atoms with Gasteiger partial charge >= 0.3 is 5.97 Å². The van der Waals surface area contributed by atoms with Crippen LogP contribution in [0.25, 0.3) is 0 Å². The molecule has 0 spiro atoms. The van der Waals surface area contributed by atoms with Gasteiger partial charge in [-0.25, -0.2) is 14.8 Å². The molecule has 6 nitrogen and oxygen atoms in total. The van der Waals surface area contributed by atoms with Gasteiger partial charge in [0, 0.05) is 35.3 Å². The van der Waals surface area contributed by atoms with Crippen molar-refractivity contribution < 1.29 is 9.53 Å². The summed E-state index contributed by atoms with van der Waals surface area (Å²) in [6.07, 6.45) is 4.15. The summed E-state index contributed by atoms with van der Waals surface area (Å²) >= 11 is 3.07. The van der Waals surface area contributed by atoms with E-state index in [4.69, 9.17) is 4.74 Å². The van der Waals surface area contributed by atoms with E-state index >= 15 is 0 Å². The number of anilines is 2. The number of benzene rings is 2. The van der Waals surface area contributed by atoms with Crippen molar-refractivity contribution in [2.24, 2.45) is 0 Å². The number of carbonyl (C=O) groups excluding carboxylic acids is 1. The highest BCUT2D eigenvalue weighted by Crippen LogP contribution is 2.48. The summed E-state index contributed by atoms with van der Waals surface area (Å²) in [4.78, 5) is 24.8. The monoisotopic (exact) mass is 488 g/mol. The van der Waals surface area contributed by atoms with Crippen molar-refractivity contribution in [3.05, 3.63) is 106 Å². The Morgan fingerprint density at radius 3 is 2.29 bits per heavy atom. The molecule has 0 radical (unpaired) electrons. The first-order chi connectivity index (χ1) is 16.8. The van der Waals surface area contributed by atoms with E-state index in [0.29, 0.717) is 18.6 Å². The van der Waals surface area contributed by atoms with Crippen LogP contribution in [0.3, 0.4) is 0 Å². The van der Waals surface area contributed by atoms with Crippen molar-refractivity contribution in [2.75, 3.05) is 16.8 Å². The van der Waals surface area contributed by atoms with Crippen molar-refractivity contribution in [1.82, 2.24) is 9.97 Å². The fourth-order valence-electron chi connectivity index (χ4n) is 4.37. The van der Waals surface area contributed by atoms with Gasteiger partial charge in [0.1, 0.15) is 0 Å². The zero-order chi connectivity index (χ0) is 23.3. The van der Waals surface area contributed by atoms with Crippen molar-refractivity contribution in [3.8, 4) is 0 Å². The second kappa shape index (κ2) is 10.2. The molecular formula is C26H24N4O2S2. The van der Waals surface area contributed by atoms with E-state index in [1.165, 1.54) is 11.3 Å². The van der Waals surface area contributed by atoms with E-state index in [2.05, 4.69) is 44.5 Å². The Balaban J connectivity index is 1.74.